The van der Waals surface area contributed by atoms with Crippen LogP contribution in [0.2, 0.25) is 0 Å². The van der Waals surface area contributed by atoms with Gasteiger partial charge < -0.3 is 0 Å². The van der Waals surface area contributed by atoms with Crippen LogP contribution < -0.4 is 13.7 Å². The van der Waals surface area contributed by atoms with Gasteiger partial charge in [-0.2, -0.15) is 0 Å². The van der Waals surface area contributed by atoms with Crippen molar-refractivity contribution in [2.75, 3.05) is 0 Å². The van der Waals surface area contributed by atoms with Crippen molar-refractivity contribution in [3.63, 3.8) is 0 Å². The highest BCUT2D eigenvalue weighted by atomic mass is 15.4. The standard InChI is InChI=1S/C36H28N3/c1-3-15-29-27(13-1)22-23-28-14-2-4-16-30(28)34-20-8-11-25-38(34)36(37-24-10-7-19-33(29)37)32-18-6-5-17-31(32)35-21-9-12-26-39(35)36/h1-21,24-26H,22-23H2/q+3. The second-order valence-electron chi connectivity index (χ2n) is 10.4. The molecule has 3 nitrogen and oxygen atoms in total. The van der Waals surface area contributed by atoms with Crippen molar-refractivity contribution in [3.05, 3.63) is 163 Å². The molecule has 0 atom stereocenters. The minimum atomic E-state index is -0.703. The second-order valence-corrected chi connectivity index (χ2v) is 10.4. The van der Waals surface area contributed by atoms with Crippen LogP contribution in [0.5, 0.6) is 0 Å². The number of fused-ring (bicyclic) bond motifs is 13. The highest BCUT2D eigenvalue weighted by molar-refractivity contribution is 5.67. The molecular weight excluding hydrogens is 474 g/mol. The van der Waals surface area contributed by atoms with E-state index in [1.54, 1.807) is 0 Å². The van der Waals surface area contributed by atoms with E-state index in [4.69, 9.17) is 0 Å². The van der Waals surface area contributed by atoms with Gasteiger partial charge in [-0.05, 0) is 66.4 Å². The Morgan fingerprint density at radius 1 is 0.385 bits per heavy atom. The molecule has 6 aromatic rings. The van der Waals surface area contributed by atoms with Crippen LogP contribution in [0.3, 0.4) is 0 Å². The summed E-state index contributed by atoms with van der Waals surface area (Å²) >= 11 is 0. The Balaban J connectivity index is 1.63. The van der Waals surface area contributed by atoms with E-state index in [2.05, 4.69) is 160 Å². The first-order chi connectivity index (χ1) is 19.4. The number of nitrogens with zero attached hydrogens (tertiary/aromatic N) is 3. The Kier molecular flexibility index (Phi) is 4.86. The fourth-order valence-corrected chi connectivity index (χ4v) is 6.79. The molecule has 39 heavy (non-hydrogen) atoms. The fraction of sp³-hybridized carbons (Fsp3) is 0.0833. The van der Waals surface area contributed by atoms with Crippen LogP contribution in [0.1, 0.15) is 16.7 Å². The van der Waals surface area contributed by atoms with Crippen LogP contribution in [0.25, 0.3) is 33.8 Å². The topological polar surface area (TPSA) is 11.6 Å². The predicted molar refractivity (Wildman–Crippen MR) is 151 cm³/mol. The van der Waals surface area contributed by atoms with Gasteiger partial charge in [-0.1, -0.05) is 62.2 Å². The van der Waals surface area contributed by atoms with Gasteiger partial charge in [-0.3, -0.25) is 0 Å². The van der Waals surface area contributed by atoms with Gasteiger partial charge in [-0.15, -0.1) is 0 Å². The Morgan fingerprint density at radius 2 is 0.769 bits per heavy atom. The first-order valence-electron chi connectivity index (χ1n) is 13.7. The molecule has 3 heteroatoms. The Bertz CT molecular complexity index is 1750. The van der Waals surface area contributed by atoms with E-state index in [1.807, 2.05) is 0 Å². The molecule has 2 aliphatic rings. The minimum Gasteiger partial charge on any atom is -0.0672 e. The zero-order valence-electron chi connectivity index (χ0n) is 21.6. The number of hydrogen-bond donors (Lipinski definition) is 0. The molecule has 1 spiro atoms. The van der Waals surface area contributed by atoms with E-state index >= 15 is 0 Å². The van der Waals surface area contributed by atoms with Gasteiger partial charge in [-0.25, -0.2) is 0 Å². The Morgan fingerprint density at radius 3 is 1.28 bits per heavy atom. The summed E-state index contributed by atoms with van der Waals surface area (Å²) in [6, 6.07) is 46.5. The Hall–Kier alpha value is -4.89. The maximum absolute atomic E-state index is 2.48. The summed E-state index contributed by atoms with van der Waals surface area (Å²) in [6.45, 7) is 0. The normalized spacial score (nSPS) is 14.2. The average Bonchev–Trinajstić information content (AvgIpc) is 3.30. The molecule has 0 saturated carbocycles. The van der Waals surface area contributed by atoms with E-state index < -0.39 is 5.79 Å². The first kappa shape index (κ1) is 22.1. The lowest BCUT2D eigenvalue weighted by molar-refractivity contribution is -1.15. The van der Waals surface area contributed by atoms with Gasteiger partial charge in [0.25, 0.3) is 0 Å². The molecule has 0 amide bonds. The maximum Gasteiger partial charge on any atom is 0.590 e. The SMILES string of the molecule is c1ccc2c(c1)CCc1ccccc1-c1cccc[n+]1C1(c3ccccc3-c3cccc[n+]31)[n+]1ccccc1-2. The summed E-state index contributed by atoms with van der Waals surface area (Å²) in [5.41, 5.74) is 11.4. The van der Waals surface area contributed by atoms with Gasteiger partial charge in [0, 0.05) is 47.5 Å². The lowest BCUT2D eigenvalue weighted by Crippen LogP contribution is -2.86. The molecule has 3 aromatic heterocycles. The van der Waals surface area contributed by atoms with Crippen molar-refractivity contribution in [2.45, 2.75) is 18.6 Å². The number of benzene rings is 3. The summed E-state index contributed by atoms with van der Waals surface area (Å²) < 4.78 is 7.42. The third kappa shape index (κ3) is 3.07. The van der Waals surface area contributed by atoms with Crippen molar-refractivity contribution in [1.82, 2.24) is 0 Å². The molecule has 0 unspecified atom stereocenters. The fourth-order valence-electron chi connectivity index (χ4n) is 6.79. The van der Waals surface area contributed by atoms with Crippen molar-refractivity contribution in [1.29, 1.82) is 0 Å². The van der Waals surface area contributed by atoms with Crippen LogP contribution in [-0.4, -0.2) is 0 Å². The molecule has 0 bridgehead atoms. The molecule has 8 rings (SSSR count). The van der Waals surface area contributed by atoms with Gasteiger partial charge in [0.05, 0.1) is 5.56 Å². The van der Waals surface area contributed by atoms with E-state index in [0.717, 1.165) is 12.8 Å². The summed E-state index contributed by atoms with van der Waals surface area (Å²) in [5.74, 6) is -0.703. The van der Waals surface area contributed by atoms with E-state index in [1.165, 1.54) is 50.5 Å². The Labute approximate surface area is 228 Å². The van der Waals surface area contributed by atoms with Crippen molar-refractivity contribution in [3.8, 4) is 33.8 Å². The van der Waals surface area contributed by atoms with Gasteiger partial charge in [0.15, 0.2) is 24.2 Å². The van der Waals surface area contributed by atoms with Crippen LogP contribution in [0, 0.1) is 0 Å². The van der Waals surface area contributed by atoms with Crippen molar-refractivity contribution in [2.24, 2.45) is 0 Å². The van der Waals surface area contributed by atoms with Crippen LogP contribution in [0.15, 0.2) is 146 Å². The summed E-state index contributed by atoms with van der Waals surface area (Å²) in [4.78, 5) is 0. The highest BCUT2D eigenvalue weighted by Crippen LogP contribution is 2.37. The van der Waals surface area contributed by atoms with E-state index in [0.29, 0.717) is 0 Å². The second kappa shape index (κ2) is 8.57. The largest absolute Gasteiger partial charge is 0.590 e. The molecule has 5 heterocycles. The molecule has 184 valence electrons. The summed E-state index contributed by atoms with van der Waals surface area (Å²) in [7, 11) is 0. The van der Waals surface area contributed by atoms with E-state index in [-0.39, 0.29) is 0 Å². The molecule has 3 aromatic carbocycles. The summed E-state index contributed by atoms with van der Waals surface area (Å²) in [5, 5.41) is 0. The molecule has 0 aliphatic carbocycles. The van der Waals surface area contributed by atoms with Gasteiger partial charge in [0.2, 0.25) is 17.1 Å². The minimum absolute atomic E-state index is 0.703. The lowest BCUT2D eigenvalue weighted by atomic mass is 9.94. The van der Waals surface area contributed by atoms with Crippen molar-refractivity contribution >= 4 is 0 Å². The zero-order valence-corrected chi connectivity index (χ0v) is 21.6. The number of aromatic nitrogens is 3. The van der Waals surface area contributed by atoms with Gasteiger partial charge in [0.1, 0.15) is 0 Å². The average molecular weight is 503 g/mol. The van der Waals surface area contributed by atoms with Gasteiger partial charge >= 0.3 is 5.79 Å². The number of hydrogen-bond acceptors (Lipinski definition) is 0. The molecule has 0 saturated heterocycles. The summed E-state index contributed by atoms with van der Waals surface area (Å²) in [6.07, 6.45) is 8.70. The number of pyridine rings is 3. The molecule has 0 N–H and O–H groups in total. The molecule has 0 fully saturated rings. The smallest absolute Gasteiger partial charge is 0.0672 e. The van der Waals surface area contributed by atoms with Crippen LogP contribution >= 0.6 is 0 Å². The zero-order chi connectivity index (χ0) is 25.8. The maximum atomic E-state index is 2.48. The van der Waals surface area contributed by atoms with Crippen LogP contribution in [0.4, 0.5) is 0 Å². The third-order valence-electron chi connectivity index (χ3n) is 8.40. The number of rotatable bonds is 0. The lowest BCUT2D eigenvalue weighted by Gasteiger charge is -2.19. The van der Waals surface area contributed by atoms with Crippen LogP contribution in [-0.2, 0) is 18.6 Å². The quantitative estimate of drug-likeness (QED) is 0.235. The molecule has 0 radical (unpaired) electrons. The van der Waals surface area contributed by atoms with E-state index in [9.17, 15) is 0 Å². The predicted octanol–water partition coefficient (Wildman–Crippen LogP) is 5.72. The van der Waals surface area contributed by atoms with Crippen molar-refractivity contribution < 1.29 is 13.7 Å². The third-order valence-corrected chi connectivity index (χ3v) is 8.40. The molecule has 2 aliphatic heterocycles. The monoisotopic (exact) mass is 502 g/mol. The molecular formula is C36H28N3+3. The first-order valence-corrected chi connectivity index (χ1v) is 13.7. The number of aryl methyl sites for hydroxylation is 2. The highest BCUT2D eigenvalue weighted by Gasteiger charge is 2.70.